The van der Waals surface area contributed by atoms with E-state index >= 15 is 0 Å². The highest BCUT2D eigenvalue weighted by Gasteiger charge is 2.14. The lowest BCUT2D eigenvalue weighted by Crippen LogP contribution is -2.11. The van der Waals surface area contributed by atoms with Crippen LogP contribution in [0, 0.1) is 0 Å². The lowest BCUT2D eigenvalue weighted by Gasteiger charge is -2.17. The Morgan fingerprint density at radius 3 is 3.33 bits per heavy atom. The van der Waals surface area contributed by atoms with Crippen LogP contribution in [0.4, 0.5) is 0 Å². The second kappa shape index (κ2) is 3.31. The fourth-order valence-corrected chi connectivity index (χ4v) is 1.70. The lowest BCUT2D eigenvalue weighted by atomic mass is 10.0. The van der Waals surface area contributed by atoms with Gasteiger partial charge in [0.2, 0.25) is 5.88 Å². The maximum atomic E-state index is 5.78. The van der Waals surface area contributed by atoms with Crippen molar-refractivity contribution in [3.05, 3.63) is 23.4 Å². The van der Waals surface area contributed by atoms with E-state index in [0.717, 1.165) is 30.9 Å². The third kappa shape index (κ3) is 1.27. The molecule has 0 bridgehead atoms. The molecule has 2 heterocycles. The molecule has 0 N–H and O–H groups in total. The number of fused-ring (bicyclic) bond motifs is 1. The number of aromatic nitrogens is 1. The number of ether oxygens (including phenoxy) is 1. The van der Waals surface area contributed by atoms with Gasteiger partial charge >= 0.3 is 0 Å². The van der Waals surface area contributed by atoms with E-state index in [0.29, 0.717) is 5.88 Å². The number of hydrogen-bond donors (Lipinski definition) is 0. The van der Waals surface area contributed by atoms with Gasteiger partial charge in [-0.3, -0.25) is 0 Å². The van der Waals surface area contributed by atoms with Crippen molar-refractivity contribution in [3.8, 4) is 5.88 Å². The van der Waals surface area contributed by atoms with E-state index < -0.39 is 0 Å². The number of halogens is 1. The van der Waals surface area contributed by atoms with Gasteiger partial charge in [-0.25, -0.2) is 4.98 Å². The molecule has 1 aromatic heterocycles. The Balaban J connectivity index is 2.44. The average molecular weight is 184 g/mol. The highest BCUT2D eigenvalue weighted by atomic mass is 35.5. The largest absolute Gasteiger partial charge is 0.477 e. The van der Waals surface area contributed by atoms with Crippen molar-refractivity contribution in [2.45, 2.75) is 18.7 Å². The summed E-state index contributed by atoms with van der Waals surface area (Å²) >= 11 is 5.78. The lowest BCUT2D eigenvalue weighted by molar-refractivity contribution is 0.275. The molecular weight excluding hydrogens is 174 g/mol. The summed E-state index contributed by atoms with van der Waals surface area (Å²) in [6.45, 7) is 0.783. The van der Waals surface area contributed by atoms with Crippen molar-refractivity contribution in [1.82, 2.24) is 4.98 Å². The van der Waals surface area contributed by atoms with Crippen LogP contribution in [0.2, 0.25) is 0 Å². The highest BCUT2D eigenvalue weighted by molar-refractivity contribution is 6.17. The van der Waals surface area contributed by atoms with Crippen LogP contribution in [0.5, 0.6) is 5.88 Å². The van der Waals surface area contributed by atoms with Crippen molar-refractivity contribution in [2.75, 3.05) is 6.61 Å². The second-order valence-corrected chi connectivity index (χ2v) is 3.11. The fraction of sp³-hybridized carbons (Fsp3) is 0.444. The van der Waals surface area contributed by atoms with Crippen LogP contribution in [-0.2, 0) is 12.3 Å². The van der Waals surface area contributed by atoms with Gasteiger partial charge in [0.05, 0.1) is 6.61 Å². The first-order valence-electron chi connectivity index (χ1n) is 4.07. The van der Waals surface area contributed by atoms with Gasteiger partial charge in [-0.05, 0) is 24.5 Å². The van der Waals surface area contributed by atoms with E-state index in [1.54, 1.807) is 6.20 Å². The molecule has 1 aliphatic heterocycles. The molecular formula is C9H10ClNO. The van der Waals surface area contributed by atoms with Crippen molar-refractivity contribution < 1.29 is 4.74 Å². The number of nitrogens with zero attached hydrogens (tertiary/aromatic N) is 1. The minimum absolute atomic E-state index is 0.550. The van der Waals surface area contributed by atoms with E-state index in [-0.39, 0.29) is 0 Å². The molecule has 2 rings (SSSR count). The van der Waals surface area contributed by atoms with Gasteiger partial charge in [0.15, 0.2) is 0 Å². The molecule has 1 aromatic rings. The van der Waals surface area contributed by atoms with E-state index in [9.17, 15) is 0 Å². The van der Waals surface area contributed by atoms with Gasteiger partial charge in [0, 0.05) is 17.6 Å². The van der Waals surface area contributed by atoms with Gasteiger partial charge in [-0.1, -0.05) is 0 Å². The third-order valence-electron chi connectivity index (χ3n) is 2.07. The summed E-state index contributed by atoms with van der Waals surface area (Å²) in [6.07, 6.45) is 3.87. The number of pyridine rings is 1. The summed E-state index contributed by atoms with van der Waals surface area (Å²) < 4.78 is 5.40. The van der Waals surface area contributed by atoms with Gasteiger partial charge < -0.3 is 4.74 Å². The maximum absolute atomic E-state index is 5.78. The summed E-state index contributed by atoms with van der Waals surface area (Å²) in [5.74, 6) is 1.33. The van der Waals surface area contributed by atoms with E-state index in [1.165, 1.54) is 5.56 Å². The molecule has 0 saturated carbocycles. The predicted octanol–water partition coefficient (Wildman–Crippen LogP) is 2.15. The van der Waals surface area contributed by atoms with Crippen LogP contribution in [0.25, 0.3) is 0 Å². The quantitative estimate of drug-likeness (QED) is 0.623. The van der Waals surface area contributed by atoms with E-state index in [1.807, 2.05) is 6.07 Å². The number of rotatable bonds is 1. The predicted molar refractivity (Wildman–Crippen MR) is 47.6 cm³/mol. The molecule has 0 fully saturated rings. The summed E-state index contributed by atoms with van der Waals surface area (Å²) in [4.78, 5) is 4.15. The molecule has 12 heavy (non-hydrogen) atoms. The van der Waals surface area contributed by atoms with E-state index in [2.05, 4.69) is 4.98 Å². The first-order chi connectivity index (χ1) is 5.92. The van der Waals surface area contributed by atoms with Gasteiger partial charge in [0.25, 0.3) is 0 Å². The van der Waals surface area contributed by atoms with Crippen LogP contribution in [0.3, 0.4) is 0 Å². The molecule has 0 amide bonds. The Bertz CT molecular complexity index is 274. The number of hydrogen-bond acceptors (Lipinski definition) is 2. The van der Waals surface area contributed by atoms with Crippen molar-refractivity contribution >= 4 is 11.6 Å². The van der Waals surface area contributed by atoms with Crippen molar-refractivity contribution in [3.63, 3.8) is 0 Å². The fourth-order valence-electron chi connectivity index (χ4n) is 1.45. The van der Waals surface area contributed by atoms with E-state index in [4.69, 9.17) is 16.3 Å². The molecule has 0 saturated heterocycles. The first-order valence-corrected chi connectivity index (χ1v) is 4.61. The zero-order chi connectivity index (χ0) is 8.39. The molecule has 64 valence electrons. The molecule has 2 nitrogen and oxygen atoms in total. The molecule has 3 heteroatoms. The average Bonchev–Trinajstić information content (AvgIpc) is 2.17. The SMILES string of the molecule is ClCc1ccnc2c1CCCO2. The minimum atomic E-state index is 0.550. The molecule has 0 aliphatic carbocycles. The van der Waals surface area contributed by atoms with Crippen LogP contribution in [-0.4, -0.2) is 11.6 Å². The minimum Gasteiger partial charge on any atom is -0.477 e. The van der Waals surface area contributed by atoms with Gasteiger partial charge in [0.1, 0.15) is 0 Å². The molecule has 0 unspecified atom stereocenters. The van der Waals surface area contributed by atoms with Crippen molar-refractivity contribution in [1.29, 1.82) is 0 Å². The standard InChI is InChI=1S/C9H10ClNO/c10-6-7-3-4-11-9-8(7)2-1-5-12-9/h3-4H,1-2,5-6H2. The zero-order valence-corrected chi connectivity index (χ0v) is 7.47. The third-order valence-corrected chi connectivity index (χ3v) is 2.36. The summed E-state index contributed by atoms with van der Waals surface area (Å²) in [6, 6.07) is 1.96. The number of alkyl halides is 1. The van der Waals surface area contributed by atoms with Crippen LogP contribution < -0.4 is 4.74 Å². The molecule has 0 spiro atoms. The Morgan fingerprint density at radius 2 is 2.50 bits per heavy atom. The summed E-state index contributed by atoms with van der Waals surface area (Å²) in [5, 5.41) is 0. The highest BCUT2D eigenvalue weighted by Crippen LogP contribution is 2.25. The Kier molecular flexibility index (Phi) is 2.17. The maximum Gasteiger partial charge on any atom is 0.216 e. The van der Waals surface area contributed by atoms with Gasteiger partial charge in [-0.15, -0.1) is 11.6 Å². The topological polar surface area (TPSA) is 22.1 Å². The Labute approximate surface area is 76.5 Å². The monoisotopic (exact) mass is 183 g/mol. The molecule has 0 aromatic carbocycles. The normalized spacial score (nSPS) is 15.1. The molecule has 1 aliphatic rings. The second-order valence-electron chi connectivity index (χ2n) is 2.84. The van der Waals surface area contributed by atoms with Crippen LogP contribution in [0.15, 0.2) is 12.3 Å². The molecule has 0 atom stereocenters. The Hall–Kier alpha value is -0.760. The van der Waals surface area contributed by atoms with Gasteiger partial charge in [-0.2, -0.15) is 0 Å². The molecule has 0 radical (unpaired) electrons. The smallest absolute Gasteiger partial charge is 0.216 e. The first kappa shape index (κ1) is 7.87. The Morgan fingerprint density at radius 1 is 1.58 bits per heavy atom. The van der Waals surface area contributed by atoms with Crippen LogP contribution >= 0.6 is 11.6 Å². The summed E-state index contributed by atoms with van der Waals surface area (Å²) in [5.41, 5.74) is 2.35. The van der Waals surface area contributed by atoms with Crippen LogP contribution in [0.1, 0.15) is 17.5 Å². The van der Waals surface area contributed by atoms with Crippen molar-refractivity contribution in [2.24, 2.45) is 0 Å². The summed E-state index contributed by atoms with van der Waals surface area (Å²) in [7, 11) is 0. The zero-order valence-electron chi connectivity index (χ0n) is 6.72.